The van der Waals surface area contributed by atoms with Crippen LogP contribution in [0, 0.1) is 0 Å². The Labute approximate surface area is 90.0 Å². The highest BCUT2D eigenvalue weighted by molar-refractivity contribution is 5.93. The van der Waals surface area contributed by atoms with Crippen molar-refractivity contribution in [3.63, 3.8) is 0 Å². The molecule has 0 saturated carbocycles. The number of carbonyl (C=O) groups is 1. The Morgan fingerprint density at radius 2 is 2.06 bits per heavy atom. The summed E-state index contributed by atoms with van der Waals surface area (Å²) in [6.07, 6.45) is 0. The van der Waals surface area contributed by atoms with Crippen LogP contribution in [0.5, 0.6) is 5.75 Å². The number of nitrogens with two attached hydrogens (primary N) is 1. The molecule has 1 aromatic heterocycles. The second kappa shape index (κ2) is 3.58. The zero-order valence-electron chi connectivity index (χ0n) is 8.04. The van der Waals surface area contributed by atoms with Crippen LogP contribution in [-0.4, -0.2) is 21.2 Å². The zero-order chi connectivity index (χ0) is 11.7. The molecule has 0 fully saturated rings. The Bertz CT molecular complexity index is 548. The zero-order valence-corrected chi connectivity index (χ0v) is 8.04. The predicted octanol–water partition coefficient (Wildman–Crippen LogP) is 1.33. The molecule has 82 valence electrons. The lowest BCUT2D eigenvalue weighted by molar-refractivity contribution is 0.0691. The van der Waals surface area contributed by atoms with Crippen LogP contribution in [0.15, 0.2) is 28.7 Å². The number of aromatic carboxylic acids is 1. The molecule has 0 aliphatic heterocycles. The smallest absolute Gasteiger partial charge is 0.358 e. The number of benzene rings is 1. The van der Waals surface area contributed by atoms with Gasteiger partial charge < -0.3 is 20.4 Å². The lowest BCUT2D eigenvalue weighted by atomic mass is 10.1. The standard InChI is InChI=1S/C10H8N2O4/c11-10-12-7(9(14)15)8(16-10)5-3-1-2-4-6(5)13/h1-4,13H,(H2,11,12)(H,14,15). The normalized spacial score (nSPS) is 10.2. The average Bonchev–Trinajstić information content (AvgIpc) is 2.61. The fraction of sp³-hybridized carbons (Fsp3) is 0. The van der Waals surface area contributed by atoms with Gasteiger partial charge in [-0.1, -0.05) is 12.1 Å². The molecule has 6 heteroatoms. The minimum Gasteiger partial charge on any atom is -0.507 e. The van der Waals surface area contributed by atoms with Crippen LogP contribution in [0.3, 0.4) is 0 Å². The van der Waals surface area contributed by atoms with Crippen LogP contribution in [0.4, 0.5) is 6.01 Å². The number of rotatable bonds is 2. The number of phenols is 1. The summed E-state index contributed by atoms with van der Waals surface area (Å²) in [5, 5.41) is 18.4. The molecule has 0 unspecified atom stereocenters. The SMILES string of the molecule is Nc1nc(C(=O)O)c(-c2ccccc2O)o1. The van der Waals surface area contributed by atoms with E-state index in [9.17, 15) is 9.90 Å². The topological polar surface area (TPSA) is 110 Å². The van der Waals surface area contributed by atoms with Crippen molar-refractivity contribution in [3.8, 4) is 17.1 Å². The van der Waals surface area contributed by atoms with E-state index >= 15 is 0 Å². The number of nitrogen functional groups attached to an aromatic ring is 1. The van der Waals surface area contributed by atoms with Gasteiger partial charge in [-0.3, -0.25) is 0 Å². The number of hydrogen-bond acceptors (Lipinski definition) is 5. The predicted molar refractivity (Wildman–Crippen MR) is 55.0 cm³/mol. The molecule has 0 aliphatic carbocycles. The number of phenolic OH excluding ortho intramolecular Hbond substituents is 1. The van der Waals surface area contributed by atoms with E-state index in [1.54, 1.807) is 12.1 Å². The van der Waals surface area contributed by atoms with E-state index in [1.807, 2.05) is 0 Å². The van der Waals surface area contributed by atoms with Gasteiger partial charge in [-0.2, -0.15) is 4.98 Å². The Kier molecular flexibility index (Phi) is 2.24. The summed E-state index contributed by atoms with van der Waals surface area (Å²) in [7, 11) is 0. The highest BCUT2D eigenvalue weighted by Gasteiger charge is 2.21. The van der Waals surface area contributed by atoms with E-state index in [0.29, 0.717) is 0 Å². The first-order chi connectivity index (χ1) is 7.59. The number of para-hydroxylation sites is 1. The Balaban J connectivity index is 2.64. The molecular formula is C10H8N2O4. The third kappa shape index (κ3) is 1.56. The molecule has 0 amide bonds. The van der Waals surface area contributed by atoms with Gasteiger partial charge in [0.05, 0.1) is 5.56 Å². The summed E-state index contributed by atoms with van der Waals surface area (Å²) in [5.41, 5.74) is 5.20. The van der Waals surface area contributed by atoms with E-state index in [0.717, 1.165) is 0 Å². The van der Waals surface area contributed by atoms with Crippen molar-refractivity contribution >= 4 is 12.0 Å². The maximum atomic E-state index is 10.9. The number of hydrogen-bond donors (Lipinski definition) is 3. The lowest BCUT2D eigenvalue weighted by Crippen LogP contribution is -1.99. The number of oxazole rings is 1. The highest BCUT2D eigenvalue weighted by Crippen LogP contribution is 2.32. The second-order valence-electron chi connectivity index (χ2n) is 3.05. The van der Waals surface area contributed by atoms with E-state index in [-0.39, 0.29) is 28.8 Å². The van der Waals surface area contributed by atoms with Gasteiger partial charge in [-0.25, -0.2) is 4.79 Å². The number of nitrogens with zero attached hydrogens (tertiary/aromatic N) is 1. The van der Waals surface area contributed by atoms with Crippen LogP contribution in [-0.2, 0) is 0 Å². The van der Waals surface area contributed by atoms with Crippen LogP contribution >= 0.6 is 0 Å². The van der Waals surface area contributed by atoms with Gasteiger partial charge in [0.25, 0.3) is 6.01 Å². The Morgan fingerprint density at radius 1 is 1.38 bits per heavy atom. The van der Waals surface area contributed by atoms with Gasteiger partial charge in [0, 0.05) is 0 Å². The summed E-state index contributed by atoms with van der Waals surface area (Å²) >= 11 is 0. The van der Waals surface area contributed by atoms with Crippen LogP contribution in [0.1, 0.15) is 10.5 Å². The first-order valence-electron chi connectivity index (χ1n) is 4.37. The van der Waals surface area contributed by atoms with Gasteiger partial charge in [-0.05, 0) is 12.1 Å². The molecular weight excluding hydrogens is 212 g/mol. The van der Waals surface area contributed by atoms with Crippen molar-refractivity contribution in [1.82, 2.24) is 4.98 Å². The van der Waals surface area contributed by atoms with Crippen molar-refractivity contribution < 1.29 is 19.4 Å². The first kappa shape index (κ1) is 10.0. The molecule has 0 aliphatic rings. The fourth-order valence-corrected chi connectivity index (χ4v) is 1.33. The quantitative estimate of drug-likeness (QED) is 0.704. The molecule has 2 rings (SSSR count). The van der Waals surface area contributed by atoms with Crippen molar-refractivity contribution in [2.24, 2.45) is 0 Å². The Hall–Kier alpha value is -2.50. The van der Waals surface area contributed by atoms with Gasteiger partial charge in [0.2, 0.25) is 0 Å². The molecule has 0 atom stereocenters. The Morgan fingerprint density at radius 3 is 2.69 bits per heavy atom. The molecule has 16 heavy (non-hydrogen) atoms. The molecule has 0 bridgehead atoms. The van der Waals surface area contributed by atoms with Crippen molar-refractivity contribution in [3.05, 3.63) is 30.0 Å². The number of aromatic nitrogens is 1. The summed E-state index contributed by atoms with van der Waals surface area (Å²) in [5.74, 6) is -1.41. The largest absolute Gasteiger partial charge is 0.507 e. The maximum absolute atomic E-state index is 10.9. The van der Waals surface area contributed by atoms with E-state index in [4.69, 9.17) is 15.3 Å². The molecule has 2 aromatic rings. The number of aromatic hydroxyl groups is 1. The fourth-order valence-electron chi connectivity index (χ4n) is 1.33. The monoisotopic (exact) mass is 220 g/mol. The molecule has 0 spiro atoms. The summed E-state index contributed by atoms with van der Waals surface area (Å²) in [6, 6.07) is 5.93. The average molecular weight is 220 g/mol. The van der Waals surface area contributed by atoms with Crippen molar-refractivity contribution in [2.45, 2.75) is 0 Å². The van der Waals surface area contributed by atoms with Gasteiger partial charge in [0.1, 0.15) is 5.75 Å². The summed E-state index contributed by atoms with van der Waals surface area (Å²) < 4.78 is 4.97. The van der Waals surface area contributed by atoms with E-state index in [1.165, 1.54) is 12.1 Å². The molecule has 1 aromatic carbocycles. The number of carboxylic acids is 1. The summed E-state index contributed by atoms with van der Waals surface area (Å²) in [4.78, 5) is 14.4. The first-order valence-corrected chi connectivity index (χ1v) is 4.37. The molecule has 1 heterocycles. The van der Waals surface area contributed by atoms with Crippen molar-refractivity contribution in [1.29, 1.82) is 0 Å². The highest BCUT2D eigenvalue weighted by atomic mass is 16.4. The molecule has 0 radical (unpaired) electrons. The van der Waals surface area contributed by atoms with E-state index < -0.39 is 5.97 Å². The van der Waals surface area contributed by atoms with Gasteiger partial charge >= 0.3 is 5.97 Å². The minimum absolute atomic E-state index is 0.0527. The number of carboxylic acid groups (broad SMARTS) is 1. The second-order valence-corrected chi connectivity index (χ2v) is 3.05. The molecule has 0 saturated heterocycles. The maximum Gasteiger partial charge on any atom is 0.358 e. The molecule has 6 nitrogen and oxygen atoms in total. The van der Waals surface area contributed by atoms with Crippen LogP contribution in [0.25, 0.3) is 11.3 Å². The van der Waals surface area contributed by atoms with Crippen LogP contribution in [0.2, 0.25) is 0 Å². The van der Waals surface area contributed by atoms with E-state index in [2.05, 4.69) is 4.98 Å². The minimum atomic E-state index is -1.27. The van der Waals surface area contributed by atoms with Crippen molar-refractivity contribution in [2.75, 3.05) is 5.73 Å². The molecule has 4 N–H and O–H groups in total. The van der Waals surface area contributed by atoms with Gasteiger partial charge in [0.15, 0.2) is 11.5 Å². The third-order valence-electron chi connectivity index (χ3n) is 1.99. The number of anilines is 1. The lowest BCUT2D eigenvalue weighted by Gasteiger charge is -2.00. The van der Waals surface area contributed by atoms with Gasteiger partial charge in [-0.15, -0.1) is 0 Å². The summed E-state index contributed by atoms with van der Waals surface area (Å²) in [6.45, 7) is 0. The third-order valence-corrected chi connectivity index (χ3v) is 1.99. The van der Waals surface area contributed by atoms with Crippen LogP contribution < -0.4 is 5.73 Å².